The third-order valence-electron chi connectivity index (χ3n) is 1.92. The molecule has 0 fully saturated rings. The van der Waals surface area contributed by atoms with Crippen molar-refractivity contribution in [3.8, 4) is 11.8 Å². The van der Waals surface area contributed by atoms with Crippen LogP contribution in [0, 0.1) is 17.1 Å². The average Bonchev–Trinajstić information content (AvgIpc) is 2.16. The minimum absolute atomic E-state index is 0.453. The van der Waals surface area contributed by atoms with Crippen molar-refractivity contribution in [1.82, 2.24) is 5.32 Å². The lowest BCUT2D eigenvalue weighted by Gasteiger charge is -2.17. The van der Waals surface area contributed by atoms with Crippen LogP contribution < -0.4 is 5.32 Å². The molecule has 0 aliphatic heterocycles. The summed E-state index contributed by atoms with van der Waals surface area (Å²) in [6.07, 6.45) is 0. The van der Waals surface area contributed by atoms with Gasteiger partial charge >= 0.3 is 0 Å². The molecule has 0 saturated carbocycles. The van der Waals surface area contributed by atoms with Gasteiger partial charge in [-0.2, -0.15) is 5.26 Å². The van der Waals surface area contributed by atoms with Crippen LogP contribution in [0.5, 0.6) is 5.75 Å². The Hall–Kier alpha value is -2.09. The number of amides is 1. The second-order valence-corrected chi connectivity index (χ2v) is 3.82. The van der Waals surface area contributed by atoms with E-state index in [4.69, 9.17) is 5.26 Å². The summed E-state index contributed by atoms with van der Waals surface area (Å²) in [6, 6.07) is 5.40. The van der Waals surface area contributed by atoms with Crippen LogP contribution in [0.25, 0.3) is 0 Å². The van der Waals surface area contributed by atoms with E-state index in [9.17, 15) is 14.3 Å². The lowest BCUT2D eigenvalue weighted by Crippen LogP contribution is -2.42. The second kappa shape index (κ2) is 4.19. The van der Waals surface area contributed by atoms with Gasteiger partial charge in [0.1, 0.15) is 22.7 Å². The Balaban J connectivity index is 3.04. The quantitative estimate of drug-likeness (QED) is 0.797. The van der Waals surface area contributed by atoms with E-state index in [0.717, 1.165) is 6.07 Å². The van der Waals surface area contributed by atoms with E-state index in [1.54, 1.807) is 0 Å². The molecule has 1 aromatic carbocycles. The summed E-state index contributed by atoms with van der Waals surface area (Å²) >= 11 is 0. The van der Waals surface area contributed by atoms with Crippen molar-refractivity contribution in [3.05, 3.63) is 29.6 Å². The van der Waals surface area contributed by atoms with Gasteiger partial charge in [0.25, 0.3) is 5.91 Å². The van der Waals surface area contributed by atoms with E-state index in [1.807, 2.05) is 6.07 Å². The first-order valence-corrected chi connectivity index (χ1v) is 4.58. The van der Waals surface area contributed by atoms with Crippen molar-refractivity contribution >= 4 is 5.91 Å². The Morgan fingerprint density at radius 1 is 1.56 bits per heavy atom. The molecule has 0 aliphatic carbocycles. The van der Waals surface area contributed by atoms with Crippen molar-refractivity contribution in [2.45, 2.75) is 19.4 Å². The van der Waals surface area contributed by atoms with Gasteiger partial charge < -0.3 is 10.4 Å². The summed E-state index contributed by atoms with van der Waals surface area (Å²) in [7, 11) is 0. The van der Waals surface area contributed by atoms with E-state index < -0.39 is 28.6 Å². The lowest BCUT2D eigenvalue weighted by molar-refractivity contribution is 0.0922. The minimum Gasteiger partial charge on any atom is -0.507 e. The zero-order valence-corrected chi connectivity index (χ0v) is 8.91. The highest BCUT2D eigenvalue weighted by Gasteiger charge is 2.24. The van der Waals surface area contributed by atoms with Crippen LogP contribution in [0.15, 0.2) is 18.2 Å². The average molecular weight is 222 g/mol. The number of hydrogen-bond donors (Lipinski definition) is 2. The highest BCUT2D eigenvalue weighted by molar-refractivity contribution is 5.97. The zero-order valence-electron chi connectivity index (χ0n) is 8.91. The number of carbonyl (C=O) groups excluding carboxylic acids is 1. The molecule has 16 heavy (non-hydrogen) atoms. The minimum atomic E-state index is -1.12. The maximum Gasteiger partial charge on any atom is 0.259 e. The maximum absolute atomic E-state index is 13.3. The molecule has 1 aromatic rings. The highest BCUT2D eigenvalue weighted by Crippen LogP contribution is 2.20. The highest BCUT2D eigenvalue weighted by atomic mass is 19.1. The van der Waals surface area contributed by atoms with Crippen LogP contribution >= 0.6 is 0 Å². The third-order valence-corrected chi connectivity index (χ3v) is 1.92. The van der Waals surface area contributed by atoms with Crippen LogP contribution in [0.4, 0.5) is 4.39 Å². The second-order valence-electron chi connectivity index (χ2n) is 3.82. The van der Waals surface area contributed by atoms with E-state index in [-0.39, 0.29) is 0 Å². The standard InChI is InChI=1S/C11H11FN2O2/c1-11(2,6-13)14-10(16)9-7(12)4-3-5-8(9)15/h3-5,15H,1-2H3,(H,14,16). The molecule has 4 nitrogen and oxygen atoms in total. The van der Waals surface area contributed by atoms with Crippen LogP contribution in [0.1, 0.15) is 24.2 Å². The lowest BCUT2D eigenvalue weighted by atomic mass is 10.1. The number of aromatic hydroxyl groups is 1. The van der Waals surface area contributed by atoms with E-state index in [2.05, 4.69) is 5.32 Å². The Kier molecular flexibility index (Phi) is 3.14. The number of phenols is 1. The van der Waals surface area contributed by atoms with E-state index >= 15 is 0 Å². The first kappa shape index (κ1) is 12.0. The number of nitrogens with zero attached hydrogens (tertiary/aromatic N) is 1. The molecule has 84 valence electrons. The van der Waals surface area contributed by atoms with E-state index in [1.165, 1.54) is 26.0 Å². The Bertz CT molecular complexity index is 443. The molecule has 0 heterocycles. The topological polar surface area (TPSA) is 73.1 Å². The molecule has 0 unspecified atom stereocenters. The molecule has 0 radical (unpaired) electrons. The fraction of sp³-hybridized carbons (Fsp3) is 0.273. The van der Waals surface area contributed by atoms with Crippen LogP contribution in [-0.2, 0) is 0 Å². The summed E-state index contributed by atoms with van der Waals surface area (Å²) in [5, 5.41) is 20.4. The molecule has 0 spiro atoms. The Morgan fingerprint density at radius 2 is 2.19 bits per heavy atom. The van der Waals surface area contributed by atoms with Crippen molar-refractivity contribution in [2.75, 3.05) is 0 Å². The largest absolute Gasteiger partial charge is 0.507 e. The normalized spacial score (nSPS) is 10.6. The third kappa shape index (κ3) is 2.48. The van der Waals surface area contributed by atoms with Crippen molar-refractivity contribution in [2.24, 2.45) is 0 Å². The number of benzene rings is 1. The smallest absolute Gasteiger partial charge is 0.259 e. The predicted molar refractivity (Wildman–Crippen MR) is 55.2 cm³/mol. The molecule has 0 saturated heterocycles. The fourth-order valence-electron chi connectivity index (χ4n) is 1.11. The van der Waals surface area contributed by atoms with Crippen molar-refractivity contribution < 1.29 is 14.3 Å². The molecule has 0 aliphatic rings. The number of carbonyl (C=O) groups is 1. The molecule has 1 rings (SSSR count). The molecule has 0 aromatic heterocycles. The summed E-state index contributed by atoms with van der Waals surface area (Å²) in [4.78, 5) is 11.6. The summed E-state index contributed by atoms with van der Waals surface area (Å²) in [6.45, 7) is 2.95. The van der Waals surface area contributed by atoms with Gasteiger partial charge in [-0.25, -0.2) is 4.39 Å². The van der Waals surface area contributed by atoms with Crippen molar-refractivity contribution in [1.29, 1.82) is 5.26 Å². The summed E-state index contributed by atoms with van der Waals surface area (Å²) in [5.74, 6) is -2.10. The molecule has 0 atom stereocenters. The Labute approximate surface area is 92.3 Å². The summed E-state index contributed by atoms with van der Waals surface area (Å²) in [5.41, 5.74) is -1.57. The number of rotatable bonds is 2. The van der Waals surface area contributed by atoms with Gasteiger partial charge in [-0.3, -0.25) is 4.79 Å². The monoisotopic (exact) mass is 222 g/mol. The fourth-order valence-corrected chi connectivity index (χ4v) is 1.11. The number of halogens is 1. The summed E-state index contributed by atoms with van der Waals surface area (Å²) < 4.78 is 13.3. The number of phenolic OH excluding ortho intramolecular Hbond substituents is 1. The van der Waals surface area contributed by atoms with Gasteiger partial charge in [-0.1, -0.05) is 6.07 Å². The van der Waals surface area contributed by atoms with Gasteiger partial charge in [0, 0.05) is 0 Å². The van der Waals surface area contributed by atoms with Gasteiger partial charge in [-0.05, 0) is 26.0 Å². The van der Waals surface area contributed by atoms with Gasteiger partial charge in [0.05, 0.1) is 6.07 Å². The van der Waals surface area contributed by atoms with Crippen LogP contribution in [0.3, 0.4) is 0 Å². The van der Waals surface area contributed by atoms with E-state index in [0.29, 0.717) is 0 Å². The molecule has 1 amide bonds. The van der Waals surface area contributed by atoms with Crippen LogP contribution in [0.2, 0.25) is 0 Å². The Morgan fingerprint density at radius 3 is 2.69 bits per heavy atom. The van der Waals surface area contributed by atoms with Gasteiger partial charge in [-0.15, -0.1) is 0 Å². The van der Waals surface area contributed by atoms with Gasteiger partial charge in [0.2, 0.25) is 0 Å². The SMILES string of the molecule is CC(C)(C#N)NC(=O)c1c(O)cccc1F. The van der Waals surface area contributed by atoms with Crippen molar-refractivity contribution in [3.63, 3.8) is 0 Å². The molecule has 5 heteroatoms. The molecular weight excluding hydrogens is 211 g/mol. The predicted octanol–water partition coefficient (Wildman–Crippen LogP) is 1.56. The maximum atomic E-state index is 13.3. The van der Waals surface area contributed by atoms with Gasteiger partial charge in [0.15, 0.2) is 0 Å². The number of nitriles is 1. The molecule has 2 N–H and O–H groups in total. The molecular formula is C11H11FN2O2. The first-order valence-electron chi connectivity index (χ1n) is 4.58. The first-order chi connectivity index (χ1) is 7.37. The van der Waals surface area contributed by atoms with Crippen LogP contribution in [-0.4, -0.2) is 16.6 Å². The number of hydrogen-bond acceptors (Lipinski definition) is 3. The zero-order chi connectivity index (χ0) is 12.3. The number of nitrogens with one attached hydrogen (secondary N) is 1. The molecule has 0 bridgehead atoms.